The van der Waals surface area contributed by atoms with Crippen LogP contribution in [0, 0.1) is 0 Å². The number of hydrogen-bond donors (Lipinski definition) is 1. The Labute approximate surface area is 146 Å². The number of nitrogens with zero attached hydrogens (tertiary/aromatic N) is 1. The fourth-order valence-electron chi connectivity index (χ4n) is 3.50. The Morgan fingerprint density at radius 2 is 1.71 bits per heavy atom. The van der Waals surface area contributed by atoms with Gasteiger partial charge in [-0.3, -0.25) is 4.90 Å². The van der Waals surface area contributed by atoms with E-state index in [1.165, 1.54) is 24.8 Å². The van der Waals surface area contributed by atoms with Crippen LogP contribution in [0.1, 0.15) is 44.2 Å². The van der Waals surface area contributed by atoms with Crippen molar-refractivity contribution in [3.8, 4) is 17.2 Å². The first-order valence-electron chi connectivity index (χ1n) is 9.00. The Morgan fingerprint density at radius 1 is 1.00 bits per heavy atom. The van der Waals surface area contributed by atoms with Gasteiger partial charge in [-0.05, 0) is 18.6 Å². The number of piperazine rings is 1. The van der Waals surface area contributed by atoms with Crippen LogP contribution in [0.2, 0.25) is 0 Å². The quantitative estimate of drug-likeness (QED) is 0.701. The van der Waals surface area contributed by atoms with E-state index in [2.05, 4.69) is 23.2 Å². The molecule has 1 aliphatic heterocycles. The van der Waals surface area contributed by atoms with Gasteiger partial charge in [0.15, 0.2) is 11.5 Å². The van der Waals surface area contributed by atoms with E-state index in [1.54, 1.807) is 21.3 Å². The molecule has 2 rings (SSSR count). The number of benzene rings is 1. The van der Waals surface area contributed by atoms with Crippen LogP contribution in [0.3, 0.4) is 0 Å². The average molecular weight is 336 g/mol. The molecule has 1 saturated heterocycles. The maximum Gasteiger partial charge on any atom is 0.203 e. The molecule has 0 bridgehead atoms. The Balaban J connectivity index is 2.36. The molecule has 5 heteroatoms. The summed E-state index contributed by atoms with van der Waals surface area (Å²) in [5.41, 5.74) is 1.20. The number of unbranched alkanes of at least 4 members (excludes halogenated alkanes) is 2. The molecule has 0 saturated carbocycles. The molecule has 0 radical (unpaired) electrons. The van der Waals surface area contributed by atoms with E-state index in [0.717, 1.165) is 38.3 Å². The highest BCUT2D eigenvalue weighted by Gasteiger charge is 2.27. The molecule has 5 nitrogen and oxygen atoms in total. The molecule has 0 aromatic heterocycles. The van der Waals surface area contributed by atoms with Crippen molar-refractivity contribution in [3.05, 3.63) is 17.7 Å². The number of hydrogen-bond acceptors (Lipinski definition) is 5. The minimum absolute atomic E-state index is 0.355. The van der Waals surface area contributed by atoms with E-state index >= 15 is 0 Å². The van der Waals surface area contributed by atoms with E-state index < -0.39 is 0 Å². The van der Waals surface area contributed by atoms with Crippen LogP contribution in [0.5, 0.6) is 17.2 Å². The van der Waals surface area contributed by atoms with Gasteiger partial charge in [0.25, 0.3) is 0 Å². The van der Waals surface area contributed by atoms with Crippen LogP contribution in [0.15, 0.2) is 12.1 Å². The molecule has 1 heterocycles. The monoisotopic (exact) mass is 336 g/mol. The fourth-order valence-corrected chi connectivity index (χ4v) is 3.50. The van der Waals surface area contributed by atoms with Crippen molar-refractivity contribution in [1.29, 1.82) is 0 Å². The summed E-state index contributed by atoms with van der Waals surface area (Å²) < 4.78 is 16.8. The van der Waals surface area contributed by atoms with Gasteiger partial charge in [-0.2, -0.15) is 0 Å². The smallest absolute Gasteiger partial charge is 0.203 e. The second-order valence-corrected chi connectivity index (χ2v) is 6.22. The Kier molecular flexibility index (Phi) is 7.66. The molecular weight excluding hydrogens is 304 g/mol. The van der Waals surface area contributed by atoms with Crippen LogP contribution in [-0.2, 0) is 0 Å². The summed E-state index contributed by atoms with van der Waals surface area (Å²) in [5, 5.41) is 3.44. The highest BCUT2D eigenvalue weighted by atomic mass is 16.5. The summed E-state index contributed by atoms with van der Waals surface area (Å²) >= 11 is 0. The standard InChI is InChI=1S/C19H32N2O3/c1-5-6-7-8-16(21-13-11-20-12-14-21)15-9-10-17(22-2)19(24-4)18(15)23-3/h9-10,16,20H,5-8,11-14H2,1-4H3/t16-/m1/s1. The molecule has 1 aromatic rings. The van der Waals surface area contributed by atoms with Crippen LogP contribution in [0.4, 0.5) is 0 Å². The van der Waals surface area contributed by atoms with Gasteiger partial charge in [0.05, 0.1) is 21.3 Å². The molecule has 0 amide bonds. The third kappa shape index (κ3) is 4.33. The summed E-state index contributed by atoms with van der Waals surface area (Å²) in [7, 11) is 5.04. The van der Waals surface area contributed by atoms with Gasteiger partial charge in [-0.15, -0.1) is 0 Å². The lowest BCUT2D eigenvalue weighted by Gasteiger charge is -2.36. The van der Waals surface area contributed by atoms with Gasteiger partial charge in [-0.25, -0.2) is 0 Å². The van der Waals surface area contributed by atoms with Gasteiger partial charge in [0, 0.05) is 37.8 Å². The average Bonchev–Trinajstić information content (AvgIpc) is 2.64. The van der Waals surface area contributed by atoms with Crippen molar-refractivity contribution in [3.63, 3.8) is 0 Å². The predicted molar refractivity (Wildman–Crippen MR) is 97.4 cm³/mol. The summed E-state index contributed by atoms with van der Waals surface area (Å²) in [4.78, 5) is 2.57. The van der Waals surface area contributed by atoms with Crippen molar-refractivity contribution >= 4 is 0 Å². The highest BCUT2D eigenvalue weighted by molar-refractivity contribution is 5.56. The van der Waals surface area contributed by atoms with Crippen molar-refractivity contribution < 1.29 is 14.2 Å². The van der Waals surface area contributed by atoms with Gasteiger partial charge >= 0.3 is 0 Å². The predicted octanol–water partition coefficient (Wildman–Crippen LogP) is 3.24. The van der Waals surface area contributed by atoms with Crippen LogP contribution >= 0.6 is 0 Å². The first-order valence-corrected chi connectivity index (χ1v) is 9.00. The summed E-state index contributed by atoms with van der Waals surface area (Å²) in [6.45, 7) is 6.46. The maximum atomic E-state index is 5.74. The Bertz CT molecular complexity index is 502. The number of rotatable bonds is 9. The zero-order valence-corrected chi connectivity index (χ0v) is 15.6. The number of methoxy groups -OCH3 is 3. The van der Waals surface area contributed by atoms with Crippen molar-refractivity contribution in [2.24, 2.45) is 0 Å². The normalized spacial score (nSPS) is 16.7. The molecule has 1 fully saturated rings. The fraction of sp³-hybridized carbons (Fsp3) is 0.684. The Morgan fingerprint density at radius 3 is 2.29 bits per heavy atom. The summed E-state index contributed by atoms with van der Waals surface area (Å²) in [5.74, 6) is 2.20. The lowest BCUT2D eigenvalue weighted by atomic mass is 9.96. The van der Waals surface area contributed by atoms with E-state index in [1.807, 2.05) is 6.07 Å². The van der Waals surface area contributed by atoms with Gasteiger partial charge < -0.3 is 19.5 Å². The van der Waals surface area contributed by atoms with Crippen LogP contribution in [-0.4, -0.2) is 52.4 Å². The molecule has 24 heavy (non-hydrogen) atoms. The number of nitrogens with one attached hydrogen (secondary N) is 1. The minimum Gasteiger partial charge on any atom is -0.493 e. The Hall–Kier alpha value is -1.46. The highest BCUT2D eigenvalue weighted by Crippen LogP contribution is 2.44. The third-order valence-corrected chi connectivity index (χ3v) is 4.77. The van der Waals surface area contributed by atoms with Crippen molar-refractivity contribution in [1.82, 2.24) is 10.2 Å². The lowest BCUT2D eigenvalue weighted by Crippen LogP contribution is -2.45. The van der Waals surface area contributed by atoms with Crippen LogP contribution in [0.25, 0.3) is 0 Å². The molecule has 1 atom stereocenters. The van der Waals surface area contributed by atoms with E-state index in [0.29, 0.717) is 17.5 Å². The van der Waals surface area contributed by atoms with E-state index in [-0.39, 0.29) is 0 Å². The summed E-state index contributed by atoms with van der Waals surface area (Å²) in [6.07, 6.45) is 4.86. The second-order valence-electron chi connectivity index (χ2n) is 6.22. The molecule has 1 N–H and O–H groups in total. The van der Waals surface area contributed by atoms with E-state index in [4.69, 9.17) is 14.2 Å². The zero-order valence-electron chi connectivity index (χ0n) is 15.6. The second kappa shape index (κ2) is 9.74. The third-order valence-electron chi connectivity index (χ3n) is 4.77. The maximum absolute atomic E-state index is 5.74. The molecule has 0 unspecified atom stereocenters. The SMILES string of the molecule is CCCCC[C@H](c1ccc(OC)c(OC)c1OC)N1CCNCC1. The first-order chi connectivity index (χ1) is 11.8. The molecule has 136 valence electrons. The molecular formula is C19H32N2O3. The molecule has 1 aromatic carbocycles. The lowest BCUT2D eigenvalue weighted by molar-refractivity contribution is 0.159. The van der Waals surface area contributed by atoms with E-state index in [9.17, 15) is 0 Å². The largest absolute Gasteiger partial charge is 0.493 e. The summed E-state index contributed by atoms with van der Waals surface area (Å²) in [6, 6.07) is 4.48. The van der Waals surface area contributed by atoms with Gasteiger partial charge in [0.2, 0.25) is 5.75 Å². The molecule has 1 aliphatic rings. The zero-order chi connectivity index (χ0) is 17.4. The molecule has 0 aliphatic carbocycles. The van der Waals surface area contributed by atoms with Crippen molar-refractivity contribution in [2.75, 3.05) is 47.5 Å². The molecule has 0 spiro atoms. The first kappa shape index (κ1) is 18.9. The van der Waals surface area contributed by atoms with Gasteiger partial charge in [0.1, 0.15) is 0 Å². The topological polar surface area (TPSA) is 43.0 Å². The minimum atomic E-state index is 0.355. The number of ether oxygens (including phenoxy) is 3. The van der Waals surface area contributed by atoms with Crippen LogP contribution < -0.4 is 19.5 Å². The van der Waals surface area contributed by atoms with Gasteiger partial charge in [-0.1, -0.05) is 26.2 Å². The van der Waals surface area contributed by atoms with Crippen molar-refractivity contribution in [2.45, 2.75) is 38.6 Å².